The lowest BCUT2D eigenvalue weighted by Crippen LogP contribution is -2.02. The molecule has 0 aliphatic rings. The molecule has 0 aliphatic carbocycles. The van der Waals surface area contributed by atoms with Gasteiger partial charge in [-0.2, -0.15) is 15.8 Å². The molecule has 1 aromatic heterocycles. The highest BCUT2D eigenvalue weighted by atomic mass is 15.0. The Morgan fingerprint density at radius 2 is 0.863 bits per heavy atom. The van der Waals surface area contributed by atoms with Crippen molar-refractivity contribution in [2.24, 2.45) is 0 Å². The Morgan fingerprint density at radius 1 is 0.373 bits per heavy atom. The number of rotatable bonds is 4. The first kappa shape index (κ1) is 29.7. The van der Waals surface area contributed by atoms with Gasteiger partial charge in [-0.1, -0.05) is 115 Å². The van der Waals surface area contributed by atoms with Gasteiger partial charge in [0.05, 0.1) is 45.5 Å². The lowest BCUT2D eigenvalue weighted by Gasteiger charge is -2.21. The molecule has 0 N–H and O–H groups in total. The van der Waals surface area contributed by atoms with E-state index in [0.29, 0.717) is 16.7 Å². The summed E-state index contributed by atoms with van der Waals surface area (Å²) in [6.07, 6.45) is 0. The summed E-state index contributed by atoms with van der Waals surface area (Å²) in [5.41, 5.74) is 10.5. The highest BCUT2D eigenvalue weighted by Crippen LogP contribution is 2.47. The average Bonchev–Trinajstić information content (AvgIpc) is 3.52. The third-order valence-electron chi connectivity index (χ3n) is 9.88. The van der Waals surface area contributed by atoms with Crippen molar-refractivity contribution >= 4 is 43.4 Å². The first-order valence-electron chi connectivity index (χ1n) is 16.7. The van der Waals surface area contributed by atoms with Crippen molar-refractivity contribution < 1.29 is 0 Å². The van der Waals surface area contributed by atoms with Crippen LogP contribution in [0.5, 0.6) is 0 Å². The van der Waals surface area contributed by atoms with E-state index in [9.17, 15) is 15.8 Å². The third-order valence-corrected chi connectivity index (χ3v) is 9.88. The Morgan fingerprint density at radius 3 is 1.41 bits per heavy atom. The molecule has 0 unspecified atom stereocenters. The Balaban J connectivity index is 1.40. The Labute approximate surface area is 294 Å². The normalized spacial score (nSPS) is 11.1. The molecule has 234 valence electrons. The van der Waals surface area contributed by atoms with Crippen LogP contribution in [0.1, 0.15) is 16.7 Å². The summed E-state index contributed by atoms with van der Waals surface area (Å²) in [7, 11) is 0. The van der Waals surface area contributed by atoms with E-state index in [2.05, 4.69) is 126 Å². The van der Waals surface area contributed by atoms with Gasteiger partial charge in [-0.25, -0.2) is 0 Å². The van der Waals surface area contributed by atoms with Crippen LogP contribution in [0.15, 0.2) is 158 Å². The molecule has 4 nitrogen and oxygen atoms in total. The van der Waals surface area contributed by atoms with E-state index >= 15 is 0 Å². The number of benzene rings is 8. The van der Waals surface area contributed by atoms with E-state index in [-0.39, 0.29) is 0 Å². The number of fused-ring (bicyclic) bond motifs is 5. The smallest absolute Gasteiger partial charge is 0.101 e. The lowest BCUT2D eigenvalue weighted by molar-refractivity contribution is 1.17. The first-order valence-corrected chi connectivity index (χ1v) is 16.7. The summed E-state index contributed by atoms with van der Waals surface area (Å²) in [5, 5.41) is 36.6. The molecule has 0 atom stereocenters. The minimum Gasteiger partial charge on any atom is -0.307 e. The number of para-hydroxylation sites is 1. The van der Waals surface area contributed by atoms with Crippen LogP contribution < -0.4 is 0 Å². The molecule has 9 rings (SSSR count). The highest BCUT2D eigenvalue weighted by molar-refractivity contribution is 6.22. The summed E-state index contributed by atoms with van der Waals surface area (Å²) < 4.78 is 2.12. The van der Waals surface area contributed by atoms with Gasteiger partial charge in [-0.3, -0.25) is 0 Å². The molecule has 0 aliphatic heterocycles. The van der Waals surface area contributed by atoms with Gasteiger partial charge in [0.2, 0.25) is 0 Å². The van der Waals surface area contributed by atoms with E-state index in [4.69, 9.17) is 0 Å². The van der Waals surface area contributed by atoms with Gasteiger partial charge < -0.3 is 4.57 Å². The fourth-order valence-corrected chi connectivity index (χ4v) is 7.77. The second kappa shape index (κ2) is 11.9. The summed E-state index contributed by atoms with van der Waals surface area (Å²) >= 11 is 0. The maximum atomic E-state index is 10.7. The number of hydrogen-bond acceptors (Lipinski definition) is 3. The molecule has 0 fully saturated rings. The maximum absolute atomic E-state index is 10.7. The number of nitrogens with zero attached hydrogens (tertiary/aromatic N) is 4. The van der Waals surface area contributed by atoms with E-state index < -0.39 is 0 Å². The number of aromatic nitrogens is 1. The number of hydrogen-bond donors (Lipinski definition) is 0. The van der Waals surface area contributed by atoms with Crippen LogP contribution >= 0.6 is 0 Å². The topological polar surface area (TPSA) is 76.3 Å². The molecule has 51 heavy (non-hydrogen) atoms. The minimum atomic E-state index is 0.518. The van der Waals surface area contributed by atoms with Crippen LogP contribution in [0.25, 0.3) is 82.4 Å². The zero-order chi connectivity index (χ0) is 34.5. The van der Waals surface area contributed by atoms with Crippen molar-refractivity contribution in [1.29, 1.82) is 15.8 Å². The third kappa shape index (κ3) is 4.58. The average molecular weight is 647 g/mol. The fraction of sp³-hybridized carbons (Fsp3) is 0. The quantitative estimate of drug-likeness (QED) is 0.179. The van der Waals surface area contributed by atoms with Crippen LogP contribution in [0, 0.1) is 34.0 Å². The largest absolute Gasteiger partial charge is 0.307 e. The van der Waals surface area contributed by atoms with E-state index in [1.54, 1.807) is 12.1 Å². The molecule has 0 bridgehead atoms. The monoisotopic (exact) mass is 646 g/mol. The van der Waals surface area contributed by atoms with Crippen molar-refractivity contribution in [3.63, 3.8) is 0 Å². The summed E-state index contributed by atoms with van der Waals surface area (Å²) in [6, 6.07) is 60.4. The van der Waals surface area contributed by atoms with E-state index in [1.165, 1.54) is 21.9 Å². The number of nitriles is 3. The predicted octanol–water partition coefficient (Wildman–Crippen LogP) is 11.7. The highest BCUT2D eigenvalue weighted by Gasteiger charge is 2.23. The van der Waals surface area contributed by atoms with Crippen molar-refractivity contribution in [2.75, 3.05) is 0 Å². The maximum Gasteiger partial charge on any atom is 0.101 e. The first-order chi connectivity index (χ1) is 25.2. The Bertz CT molecular complexity index is 2870. The molecular weight excluding hydrogens is 621 g/mol. The summed E-state index contributed by atoms with van der Waals surface area (Å²) in [6.45, 7) is 0. The second-order valence-electron chi connectivity index (χ2n) is 12.6. The van der Waals surface area contributed by atoms with Crippen LogP contribution in [-0.2, 0) is 0 Å². The van der Waals surface area contributed by atoms with Crippen LogP contribution in [0.3, 0.4) is 0 Å². The lowest BCUT2D eigenvalue weighted by atomic mass is 9.83. The summed E-state index contributed by atoms with van der Waals surface area (Å²) in [4.78, 5) is 0. The molecule has 0 spiro atoms. The van der Waals surface area contributed by atoms with Gasteiger partial charge in [-0.15, -0.1) is 0 Å². The predicted molar refractivity (Wildman–Crippen MR) is 206 cm³/mol. The molecule has 8 aromatic carbocycles. The molecule has 1 heterocycles. The zero-order valence-electron chi connectivity index (χ0n) is 27.3. The molecule has 4 heteroatoms. The van der Waals surface area contributed by atoms with Crippen molar-refractivity contribution in [3.05, 3.63) is 174 Å². The summed E-state index contributed by atoms with van der Waals surface area (Å²) in [5.74, 6) is 0. The standard InChI is InChI=1S/C47H26N4/c48-27-30-21-23-43-41(25-30)42-26-31(28-49)22-24-44(42)51(43)47-33(29-50)13-10-20-40(47)34-14-4-5-15-35(34)46-38-18-8-6-16-36(38)45(32-11-2-1-3-12-32)37-17-7-9-19-39(37)46/h1-26H. The van der Waals surface area contributed by atoms with Gasteiger partial charge in [-0.05, 0) is 91.8 Å². The molecule has 0 saturated carbocycles. The van der Waals surface area contributed by atoms with Gasteiger partial charge in [0.1, 0.15) is 6.07 Å². The SMILES string of the molecule is N#Cc1ccc2c(c1)c1cc(C#N)ccc1n2-c1c(C#N)cccc1-c1ccccc1-c1c2ccccc2c(-c2ccccc2)c2ccccc12. The Kier molecular flexibility index (Phi) is 6.93. The minimum absolute atomic E-state index is 0.518. The van der Waals surface area contributed by atoms with Crippen LogP contribution in [-0.4, -0.2) is 4.57 Å². The van der Waals surface area contributed by atoms with Gasteiger partial charge in [0, 0.05) is 16.3 Å². The molecule has 0 amide bonds. The van der Waals surface area contributed by atoms with Crippen molar-refractivity contribution in [2.45, 2.75) is 0 Å². The molecule has 0 saturated heterocycles. The van der Waals surface area contributed by atoms with Gasteiger partial charge >= 0.3 is 0 Å². The fourth-order valence-electron chi connectivity index (χ4n) is 7.77. The van der Waals surface area contributed by atoms with Crippen molar-refractivity contribution in [1.82, 2.24) is 4.57 Å². The molecule has 0 radical (unpaired) electrons. The van der Waals surface area contributed by atoms with E-state index in [1.807, 2.05) is 42.5 Å². The van der Waals surface area contributed by atoms with Crippen LogP contribution in [0.4, 0.5) is 0 Å². The van der Waals surface area contributed by atoms with E-state index in [0.717, 1.165) is 60.5 Å². The molecule has 9 aromatic rings. The van der Waals surface area contributed by atoms with Crippen LogP contribution in [0.2, 0.25) is 0 Å². The van der Waals surface area contributed by atoms with Crippen molar-refractivity contribution in [3.8, 4) is 57.3 Å². The molecular formula is C47H26N4. The Hall–Kier alpha value is -7.45. The van der Waals surface area contributed by atoms with Gasteiger partial charge in [0.25, 0.3) is 0 Å². The zero-order valence-corrected chi connectivity index (χ0v) is 27.3. The second-order valence-corrected chi connectivity index (χ2v) is 12.6. The van der Waals surface area contributed by atoms with Gasteiger partial charge in [0.15, 0.2) is 0 Å².